The molecular formula is C32H36N2O7. The van der Waals surface area contributed by atoms with Crippen LogP contribution in [0, 0.1) is 10.1 Å². The first-order chi connectivity index (χ1) is 19.7. The lowest BCUT2D eigenvalue weighted by molar-refractivity contribution is -0.385. The van der Waals surface area contributed by atoms with Gasteiger partial charge in [0.1, 0.15) is 6.61 Å². The predicted octanol–water partition coefficient (Wildman–Crippen LogP) is 6.63. The number of rotatable bonds is 1. The van der Waals surface area contributed by atoms with Crippen LogP contribution in [-0.2, 0) is 19.7 Å². The van der Waals surface area contributed by atoms with Gasteiger partial charge in [-0.3, -0.25) is 19.7 Å². The van der Waals surface area contributed by atoms with Crippen molar-refractivity contribution in [3.8, 4) is 11.5 Å². The number of non-ortho nitro benzene ring substituents is 1. The molecule has 216 valence electrons. The second-order valence-electron chi connectivity index (χ2n) is 11.2. The average Bonchev–Trinajstić information content (AvgIpc) is 3.12. The monoisotopic (exact) mass is 560 g/mol. The fourth-order valence-electron chi connectivity index (χ4n) is 5.92. The topological polar surface area (TPSA) is 108 Å². The lowest BCUT2D eigenvalue weighted by atomic mass is 9.76. The number of cyclic esters (lactones) is 1. The van der Waals surface area contributed by atoms with Crippen LogP contribution in [0.25, 0.3) is 6.08 Å². The van der Waals surface area contributed by atoms with Crippen molar-refractivity contribution < 1.29 is 28.7 Å². The summed E-state index contributed by atoms with van der Waals surface area (Å²) in [7, 11) is 0. The van der Waals surface area contributed by atoms with Gasteiger partial charge in [-0.25, -0.2) is 0 Å². The quantitative estimate of drug-likeness (QED) is 0.126. The molecule has 1 spiro atoms. The van der Waals surface area contributed by atoms with Crippen molar-refractivity contribution in [2.75, 3.05) is 18.1 Å². The number of nitro benzene ring substituents is 1. The number of allylic oxidation sites excluding steroid dienone is 2. The van der Waals surface area contributed by atoms with E-state index in [1.54, 1.807) is 6.08 Å². The summed E-state index contributed by atoms with van der Waals surface area (Å²) in [6.45, 7) is 4.66. The molecule has 3 heterocycles. The SMILES string of the molecule is CC1(C)c2ccccc2N2CCOC(=O)CCCC/C=C\CCCCC(=O)Oc3cc([N+](=O)[O-])cc4c3OC21C=C4. The lowest BCUT2D eigenvalue weighted by Gasteiger charge is -2.47. The average molecular weight is 561 g/mol. The largest absolute Gasteiger partial charge is 0.464 e. The van der Waals surface area contributed by atoms with E-state index in [-0.39, 0.29) is 36.2 Å². The van der Waals surface area contributed by atoms with Crippen LogP contribution in [0.4, 0.5) is 11.4 Å². The van der Waals surface area contributed by atoms with Gasteiger partial charge in [0.05, 0.1) is 22.9 Å². The summed E-state index contributed by atoms with van der Waals surface area (Å²) in [4.78, 5) is 38.6. The van der Waals surface area contributed by atoms with E-state index in [1.807, 2.05) is 30.3 Å². The molecule has 2 aromatic carbocycles. The minimum absolute atomic E-state index is 0.0202. The van der Waals surface area contributed by atoms with Gasteiger partial charge in [-0.15, -0.1) is 0 Å². The normalized spacial score (nSPS) is 23.6. The summed E-state index contributed by atoms with van der Waals surface area (Å²) < 4.78 is 18.2. The molecule has 0 aromatic heterocycles. The van der Waals surface area contributed by atoms with Crippen molar-refractivity contribution in [2.45, 2.75) is 76.4 Å². The first-order valence-corrected chi connectivity index (χ1v) is 14.3. The Morgan fingerprint density at radius 1 is 0.951 bits per heavy atom. The first kappa shape index (κ1) is 28.4. The Kier molecular flexibility index (Phi) is 8.15. The molecule has 41 heavy (non-hydrogen) atoms. The molecule has 9 nitrogen and oxygen atoms in total. The number of esters is 2. The Bertz CT molecular complexity index is 1400. The molecule has 0 radical (unpaired) electrons. The zero-order chi connectivity index (χ0) is 29.0. The molecule has 0 N–H and O–H groups in total. The third-order valence-electron chi connectivity index (χ3n) is 8.16. The lowest BCUT2D eigenvalue weighted by Crippen LogP contribution is -2.60. The highest BCUT2D eigenvalue weighted by atomic mass is 16.6. The molecule has 1 atom stereocenters. The van der Waals surface area contributed by atoms with Crippen LogP contribution in [0.1, 0.15) is 76.3 Å². The van der Waals surface area contributed by atoms with E-state index in [0.717, 1.165) is 43.4 Å². The van der Waals surface area contributed by atoms with Crippen LogP contribution in [0.2, 0.25) is 0 Å². The molecule has 0 amide bonds. The van der Waals surface area contributed by atoms with Gasteiger partial charge in [0.25, 0.3) is 5.69 Å². The maximum atomic E-state index is 12.9. The summed E-state index contributed by atoms with van der Waals surface area (Å²) in [5.41, 5.74) is 0.582. The standard InChI is InChI=1S/C32H36N2O7/c1-31(2)25-13-11-12-14-26(25)33-19-20-39-28(35)15-9-7-5-3-4-6-8-10-16-29(36)40-27-22-24(34(37)38)21-23-17-18-32(31,33)41-30(23)27/h3-4,11-14,17-18,21-22H,5-10,15-16,19-20H2,1-2H3/b4-3-. The number of hydrogen-bond acceptors (Lipinski definition) is 8. The van der Waals surface area contributed by atoms with E-state index in [2.05, 4.69) is 30.9 Å². The zero-order valence-corrected chi connectivity index (χ0v) is 23.6. The minimum Gasteiger partial charge on any atom is -0.464 e. The summed E-state index contributed by atoms with van der Waals surface area (Å²) in [6, 6.07) is 10.6. The Balaban J connectivity index is 1.54. The molecule has 0 aliphatic carbocycles. The van der Waals surface area contributed by atoms with Gasteiger partial charge in [-0.2, -0.15) is 0 Å². The maximum Gasteiger partial charge on any atom is 0.311 e. The number of benzene rings is 2. The van der Waals surface area contributed by atoms with Crippen LogP contribution in [-0.4, -0.2) is 35.7 Å². The van der Waals surface area contributed by atoms with Crippen molar-refractivity contribution in [3.05, 3.63) is 75.9 Å². The number of fused-ring (bicyclic) bond motifs is 2. The van der Waals surface area contributed by atoms with E-state index in [0.29, 0.717) is 24.9 Å². The van der Waals surface area contributed by atoms with Crippen molar-refractivity contribution in [1.29, 1.82) is 0 Å². The smallest absolute Gasteiger partial charge is 0.311 e. The van der Waals surface area contributed by atoms with Gasteiger partial charge in [0, 0.05) is 30.2 Å². The summed E-state index contributed by atoms with van der Waals surface area (Å²) in [5, 5.41) is 11.7. The maximum absolute atomic E-state index is 12.9. The van der Waals surface area contributed by atoms with Crippen LogP contribution in [0.3, 0.4) is 0 Å². The molecule has 3 aliphatic heterocycles. The molecule has 5 rings (SSSR count). The summed E-state index contributed by atoms with van der Waals surface area (Å²) in [6.07, 6.45) is 13.3. The number of hydrogen-bond donors (Lipinski definition) is 0. The third-order valence-corrected chi connectivity index (χ3v) is 8.16. The summed E-state index contributed by atoms with van der Waals surface area (Å²) >= 11 is 0. The van der Waals surface area contributed by atoms with Gasteiger partial charge >= 0.3 is 11.9 Å². The number of carbonyl (C=O) groups excluding carboxylic acids is 2. The Morgan fingerprint density at radius 2 is 1.66 bits per heavy atom. The van der Waals surface area contributed by atoms with E-state index in [9.17, 15) is 19.7 Å². The second-order valence-corrected chi connectivity index (χ2v) is 11.2. The third kappa shape index (κ3) is 5.58. The van der Waals surface area contributed by atoms with Crippen molar-refractivity contribution in [2.24, 2.45) is 0 Å². The molecule has 0 fully saturated rings. The first-order valence-electron chi connectivity index (χ1n) is 14.3. The van der Waals surface area contributed by atoms with E-state index in [4.69, 9.17) is 14.2 Å². The molecule has 9 heteroatoms. The molecule has 2 aromatic rings. The Hall–Kier alpha value is -4.14. The van der Waals surface area contributed by atoms with Crippen molar-refractivity contribution in [1.82, 2.24) is 0 Å². The highest BCUT2D eigenvalue weighted by Crippen LogP contribution is 2.56. The zero-order valence-electron chi connectivity index (χ0n) is 23.6. The summed E-state index contributed by atoms with van der Waals surface area (Å²) in [5.74, 6) is -0.407. The molecule has 0 saturated heterocycles. The van der Waals surface area contributed by atoms with Gasteiger partial charge in [-0.05, 0) is 76.2 Å². The fourth-order valence-corrected chi connectivity index (χ4v) is 5.92. The predicted molar refractivity (Wildman–Crippen MR) is 155 cm³/mol. The Labute approximate surface area is 239 Å². The molecule has 2 bridgehead atoms. The molecular weight excluding hydrogens is 524 g/mol. The number of nitrogens with zero attached hydrogens (tertiary/aromatic N) is 2. The van der Waals surface area contributed by atoms with E-state index < -0.39 is 22.0 Å². The fraction of sp³-hybridized carbons (Fsp3) is 0.438. The van der Waals surface area contributed by atoms with Gasteiger partial charge in [-0.1, -0.05) is 30.4 Å². The highest BCUT2D eigenvalue weighted by molar-refractivity contribution is 5.78. The number of nitro groups is 1. The van der Waals surface area contributed by atoms with Crippen LogP contribution in [0.5, 0.6) is 11.5 Å². The number of para-hydroxylation sites is 1. The molecule has 1 unspecified atom stereocenters. The van der Waals surface area contributed by atoms with E-state index in [1.165, 1.54) is 12.1 Å². The van der Waals surface area contributed by atoms with Gasteiger partial charge in [0.15, 0.2) is 11.5 Å². The number of carbonyl (C=O) groups is 2. The van der Waals surface area contributed by atoms with Crippen LogP contribution in [0.15, 0.2) is 54.6 Å². The van der Waals surface area contributed by atoms with E-state index >= 15 is 0 Å². The van der Waals surface area contributed by atoms with Crippen molar-refractivity contribution >= 4 is 29.4 Å². The van der Waals surface area contributed by atoms with Gasteiger partial charge in [0.2, 0.25) is 5.72 Å². The van der Waals surface area contributed by atoms with Crippen molar-refractivity contribution in [3.63, 3.8) is 0 Å². The van der Waals surface area contributed by atoms with Gasteiger partial charge < -0.3 is 19.1 Å². The van der Waals surface area contributed by atoms with Crippen LogP contribution >= 0.6 is 0 Å². The Morgan fingerprint density at radius 3 is 2.39 bits per heavy atom. The van der Waals surface area contributed by atoms with Crippen LogP contribution < -0.4 is 14.4 Å². The molecule has 3 aliphatic rings. The second kappa shape index (κ2) is 11.8. The highest BCUT2D eigenvalue weighted by Gasteiger charge is 2.59. The number of anilines is 1. The minimum atomic E-state index is -1.07. The number of ether oxygens (including phenoxy) is 3. The molecule has 0 saturated carbocycles.